The number of fused-ring (bicyclic) bond motifs is 1. The van der Waals surface area contributed by atoms with Crippen molar-refractivity contribution in [1.29, 1.82) is 0 Å². The molecular weight excluding hydrogens is 690 g/mol. The summed E-state index contributed by atoms with van der Waals surface area (Å²) < 4.78 is 27.3. The Balaban J connectivity index is 1.40. The van der Waals surface area contributed by atoms with Crippen LogP contribution in [0.25, 0.3) is 10.8 Å². The summed E-state index contributed by atoms with van der Waals surface area (Å²) in [5.41, 5.74) is -0.596. The molecule has 16 heteroatoms. The molecule has 0 bridgehead atoms. The minimum absolute atomic E-state index is 0.0275. The van der Waals surface area contributed by atoms with Crippen molar-refractivity contribution in [1.82, 2.24) is 4.98 Å². The average Bonchev–Trinajstić information content (AvgIpc) is 3.06. The van der Waals surface area contributed by atoms with Crippen LogP contribution in [-0.2, 0) is 42.9 Å². The zero-order valence-electron chi connectivity index (χ0n) is 30.7. The standard InChI is InChI=1S/C37H43N5O11/c1-22(43)51-29(30-33(46)41(16-18-50-30)26-10-8-9-25(20-26)40-15-17-49-21-28(40)44)32(45)39-24-11-12-27-23(19-24)13-14-38-31(27)42(34(47)52-36(2,3)4)35(48)53-37(5,6)7/h8-14,19-20,29-30H,15-18,21H2,1-7H3,(H,39,45)/t29-,30-/m1/s1. The lowest BCUT2D eigenvalue weighted by atomic mass is 10.1. The molecule has 1 aromatic heterocycles. The summed E-state index contributed by atoms with van der Waals surface area (Å²) in [5.74, 6) is -2.56. The quantitative estimate of drug-likeness (QED) is 0.264. The molecule has 5 rings (SSSR count). The van der Waals surface area contributed by atoms with Gasteiger partial charge in [0.1, 0.15) is 17.8 Å². The highest BCUT2D eigenvalue weighted by Crippen LogP contribution is 2.31. The first-order chi connectivity index (χ1) is 24.9. The van der Waals surface area contributed by atoms with Crippen molar-refractivity contribution in [2.24, 2.45) is 0 Å². The number of hydrogen-bond donors (Lipinski definition) is 1. The number of morpholine rings is 2. The molecule has 282 valence electrons. The van der Waals surface area contributed by atoms with Crippen LogP contribution in [0, 0.1) is 0 Å². The molecule has 3 aromatic rings. The molecule has 2 aromatic carbocycles. The van der Waals surface area contributed by atoms with Gasteiger partial charge in [0.25, 0.3) is 17.7 Å². The van der Waals surface area contributed by atoms with Gasteiger partial charge in [-0.1, -0.05) is 6.07 Å². The first-order valence-corrected chi connectivity index (χ1v) is 17.0. The van der Waals surface area contributed by atoms with Gasteiger partial charge in [0, 0.05) is 48.7 Å². The van der Waals surface area contributed by atoms with E-state index in [-0.39, 0.29) is 37.2 Å². The van der Waals surface area contributed by atoms with Crippen LogP contribution in [0.5, 0.6) is 0 Å². The van der Waals surface area contributed by atoms with Crippen LogP contribution in [0.4, 0.5) is 32.5 Å². The SMILES string of the molecule is CC(=O)O[C@@H](C(=O)Nc1ccc2c(N(C(=O)OC(C)(C)C)C(=O)OC(C)(C)C)nccc2c1)[C@H]1OCCN(c2cccc(N3CCOCC3=O)c2)C1=O. The fraction of sp³-hybridized carbons (Fsp3) is 0.432. The average molecular weight is 734 g/mol. The lowest BCUT2D eigenvalue weighted by molar-refractivity contribution is -0.167. The zero-order chi connectivity index (χ0) is 38.7. The molecule has 2 atom stereocenters. The molecule has 16 nitrogen and oxygen atoms in total. The smallest absolute Gasteiger partial charge is 0.425 e. The second-order valence-electron chi connectivity index (χ2n) is 14.3. The van der Waals surface area contributed by atoms with Crippen molar-refractivity contribution in [2.75, 3.05) is 52.9 Å². The van der Waals surface area contributed by atoms with Crippen LogP contribution in [-0.4, -0.2) is 97.2 Å². The highest BCUT2D eigenvalue weighted by molar-refractivity contribution is 6.14. The number of nitrogens with one attached hydrogen (secondary N) is 1. The van der Waals surface area contributed by atoms with Crippen molar-refractivity contribution in [3.8, 4) is 0 Å². The minimum atomic E-state index is -1.68. The number of rotatable bonds is 7. The first-order valence-electron chi connectivity index (χ1n) is 17.0. The molecular formula is C37H43N5O11. The predicted octanol–water partition coefficient (Wildman–Crippen LogP) is 4.58. The van der Waals surface area contributed by atoms with Gasteiger partial charge in [-0.15, -0.1) is 0 Å². The summed E-state index contributed by atoms with van der Waals surface area (Å²) in [6.45, 7) is 11.9. The summed E-state index contributed by atoms with van der Waals surface area (Å²) in [5, 5.41) is 3.50. The van der Waals surface area contributed by atoms with Crippen LogP contribution in [0.1, 0.15) is 48.5 Å². The summed E-state index contributed by atoms with van der Waals surface area (Å²) in [7, 11) is 0. The molecule has 0 unspecified atom stereocenters. The van der Waals surface area contributed by atoms with Gasteiger partial charge in [0.15, 0.2) is 11.9 Å². The number of carbonyl (C=O) groups is 6. The number of benzene rings is 2. The molecule has 2 aliphatic heterocycles. The number of amides is 5. The van der Waals surface area contributed by atoms with Gasteiger partial charge in [0.05, 0.1) is 13.2 Å². The Morgan fingerprint density at radius 3 is 2.15 bits per heavy atom. The highest BCUT2D eigenvalue weighted by Gasteiger charge is 2.43. The van der Waals surface area contributed by atoms with Gasteiger partial charge < -0.3 is 38.8 Å². The number of imide groups is 1. The Kier molecular flexibility index (Phi) is 11.3. The third-order valence-corrected chi connectivity index (χ3v) is 7.76. The fourth-order valence-electron chi connectivity index (χ4n) is 5.62. The van der Waals surface area contributed by atoms with Crippen molar-refractivity contribution in [3.63, 3.8) is 0 Å². The Morgan fingerprint density at radius 1 is 0.887 bits per heavy atom. The Morgan fingerprint density at radius 2 is 1.53 bits per heavy atom. The second kappa shape index (κ2) is 15.6. The van der Waals surface area contributed by atoms with Crippen molar-refractivity contribution in [2.45, 2.75) is 71.9 Å². The number of carbonyl (C=O) groups excluding carboxylic acids is 6. The summed E-state index contributed by atoms with van der Waals surface area (Å²) >= 11 is 0. The van der Waals surface area contributed by atoms with Crippen molar-refractivity contribution >= 4 is 69.5 Å². The second-order valence-corrected chi connectivity index (χ2v) is 14.3. The van der Waals surface area contributed by atoms with Gasteiger partial charge in [-0.2, -0.15) is 4.90 Å². The topological polar surface area (TPSA) is 183 Å². The van der Waals surface area contributed by atoms with Crippen LogP contribution in [0.15, 0.2) is 54.7 Å². The lowest BCUT2D eigenvalue weighted by Gasteiger charge is -2.35. The number of ether oxygens (including phenoxy) is 5. The predicted molar refractivity (Wildman–Crippen MR) is 193 cm³/mol. The van der Waals surface area contributed by atoms with E-state index >= 15 is 0 Å². The van der Waals surface area contributed by atoms with E-state index in [0.717, 1.165) is 6.92 Å². The number of aromatic nitrogens is 1. The Bertz CT molecular complexity index is 1890. The van der Waals surface area contributed by atoms with E-state index in [9.17, 15) is 28.8 Å². The maximum absolute atomic E-state index is 13.9. The molecule has 0 aliphatic carbocycles. The summed E-state index contributed by atoms with van der Waals surface area (Å²) in [6, 6.07) is 13.0. The van der Waals surface area contributed by atoms with Crippen LogP contribution in [0.3, 0.4) is 0 Å². The maximum atomic E-state index is 13.9. The number of hydrogen-bond acceptors (Lipinski definition) is 12. The van der Waals surface area contributed by atoms with E-state index in [2.05, 4.69) is 10.3 Å². The summed E-state index contributed by atoms with van der Waals surface area (Å²) in [6.07, 6.45) is -3.79. The Labute approximate surface area is 306 Å². The van der Waals surface area contributed by atoms with Gasteiger partial charge in [-0.3, -0.25) is 19.2 Å². The molecule has 5 amide bonds. The number of esters is 1. The lowest BCUT2D eigenvalue weighted by Crippen LogP contribution is -2.56. The third kappa shape index (κ3) is 9.44. The van der Waals surface area contributed by atoms with Gasteiger partial charge in [0.2, 0.25) is 6.10 Å². The van der Waals surface area contributed by atoms with Gasteiger partial charge in [-0.25, -0.2) is 14.6 Å². The molecule has 3 heterocycles. The van der Waals surface area contributed by atoms with Gasteiger partial charge in [-0.05, 0) is 89.4 Å². The molecule has 0 saturated carbocycles. The molecule has 2 aliphatic rings. The maximum Gasteiger partial charge on any atom is 0.425 e. The van der Waals surface area contributed by atoms with E-state index in [4.69, 9.17) is 23.7 Å². The molecule has 0 radical (unpaired) electrons. The normalized spacial score (nSPS) is 17.2. The molecule has 2 fully saturated rings. The van der Waals surface area contributed by atoms with E-state index in [1.165, 1.54) is 23.2 Å². The largest absolute Gasteiger partial charge is 0.449 e. The minimum Gasteiger partial charge on any atom is -0.449 e. The summed E-state index contributed by atoms with van der Waals surface area (Å²) in [4.78, 5) is 86.8. The van der Waals surface area contributed by atoms with E-state index in [0.29, 0.717) is 40.2 Å². The first kappa shape index (κ1) is 38.6. The van der Waals surface area contributed by atoms with Crippen LogP contribution in [0.2, 0.25) is 0 Å². The van der Waals surface area contributed by atoms with E-state index in [1.54, 1.807) is 82.8 Å². The Hall–Kier alpha value is -5.61. The molecule has 2 saturated heterocycles. The molecule has 53 heavy (non-hydrogen) atoms. The number of pyridine rings is 1. The van der Waals surface area contributed by atoms with Crippen LogP contribution < -0.4 is 20.0 Å². The number of nitrogens with zero attached hydrogens (tertiary/aromatic N) is 4. The van der Waals surface area contributed by atoms with Crippen molar-refractivity contribution in [3.05, 3.63) is 54.7 Å². The monoisotopic (exact) mass is 733 g/mol. The zero-order valence-corrected chi connectivity index (χ0v) is 30.7. The number of anilines is 4. The highest BCUT2D eigenvalue weighted by atomic mass is 16.6. The van der Waals surface area contributed by atoms with Crippen LogP contribution >= 0.6 is 0 Å². The fourth-order valence-corrected chi connectivity index (χ4v) is 5.62. The van der Waals surface area contributed by atoms with Crippen molar-refractivity contribution < 1.29 is 52.5 Å². The van der Waals surface area contributed by atoms with Gasteiger partial charge >= 0.3 is 18.2 Å². The van der Waals surface area contributed by atoms with E-state index < -0.39 is 53.4 Å². The van der Waals surface area contributed by atoms with E-state index in [1.807, 2.05) is 0 Å². The molecule has 1 N–H and O–H groups in total. The molecule has 0 spiro atoms. The third-order valence-electron chi connectivity index (χ3n) is 7.76.